The minimum Gasteiger partial charge on any atom is -0.772 e. The van der Waals surface area contributed by atoms with Gasteiger partial charge in [0.1, 0.15) is 0 Å². The smallest absolute Gasteiger partial charge is 0.0102 e. The largest absolute Gasteiger partial charge is 0.772 e. The van der Waals surface area contributed by atoms with Crippen LogP contribution in [0.15, 0.2) is 0 Å². The summed E-state index contributed by atoms with van der Waals surface area (Å²) >= 11 is -1.82. The molecule has 64 valence electrons. The van der Waals surface area contributed by atoms with Crippen molar-refractivity contribution in [3.05, 3.63) is 0 Å². The van der Waals surface area contributed by atoms with E-state index in [-0.39, 0.29) is 4.70 Å². The molecule has 0 fully saturated rings. The van der Waals surface area contributed by atoms with Gasteiger partial charge in [-0.1, -0.05) is 37.3 Å². The molecule has 10 heavy (non-hydrogen) atoms. The van der Waals surface area contributed by atoms with Crippen LogP contribution in [-0.2, 0) is 11.1 Å². The summed E-state index contributed by atoms with van der Waals surface area (Å²) < 4.78 is 19.9. The third-order valence-electron chi connectivity index (χ3n) is 1.16. The Hall–Kier alpha value is 0.0400. The molecule has 1 unspecified atom stereocenters. The van der Waals surface area contributed by atoms with Crippen molar-refractivity contribution in [2.24, 2.45) is 0 Å². The van der Waals surface area contributed by atoms with E-state index in [4.69, 9.17) is 0 Å². The van der Waals surface area contributed by atoms with Crippen molar-refractivity contribution in [2.45, 2.75) is 32.6 Å². The molecule has 0 N–H and O–H groups in total. The highest BCUT2D eigenvalue weighted by Crippen LogP contribution is 1.98. The van der Waals surface area contributed by atoms with E-state index in [2.05, 4.69) is 6.92 Å². The standard InChI is InChI=1S/C6H14O2S.FH/c1-2-3-4-5-6-9(7)8;/h2-6H2,1H3,(H,7,8);1H/p-1. The average Bonchev–Trinajstić information content (AvgIpc) is 1.80. The van der Waals surface area contributed by atoms with Crippen LogP contribution in [0.4, 0.5) is 4.70 Å². The second-order valence-corrected chi connectivity index (χ2v) is 3.08. The van der Waals surface area contributed by atoms with Crippen LogP contribution in [0.5, 0.6) is 0 Å². The monoisotopic (exact) mass is 169 g/mol. The summed E-state index contributed by atoms with van der Waals surface area (Å²) in [6, 6.07) is 0. The highest BCUT2D eigenvalue weighted by molar-refractivity contribution is 7.79. The van der Waals surface area contributed by atoms with Crippen molar-refractivity contribution < 1.29 is 13.5 Å². The first-order valence-corrected chi connectivity index (χ1v) is 4.57. The molecule has 1 atom stereocenters. The van der Waals surface area contributed by atoms with E-state index in [1.807, 2.05) is 0 Å². The lowest BCUT2D eigenvalue weighted by Crippen LogP contribution is -1.94. The quantitative estimate of drug-likeness (QED) is 0.463. The van der Waals surface area contributed by atoms with Gasteiger partial charge in [0.15, 0.2) is 0 Å². The van der Waals surface area contributed by atoms with Gasteiger partial charge in [-0.25, -0.2) is 0 Å². The molecule has 0 rings (SSSR count). The van der Waals surface area contributed by atoms with Crippen molar-refractivity contribution in [1.82, 2.24) is 0 Å². The molecule has 0 amide bonds. The number of halogens is 1. The van der Waals surface area contributed by atoms with E-state index in [0.717, 1.165) is 25.7 Å². The molecule has 0 aromatic rings. The Labute approximate surface area is 63.7 Å². The lowest BCUT2D eigenvalue weighted by atomic mass is 10.2. The van der Waals surface area contributed by atoms with Gasteiger partial charge in [0.05, 0.1) is 0 Å². The number of unbranched alkanes of at least 4 members (excludes halogenated alkanes) is 3. The van der Waals surface area contributed by atoms with Gasteiger partial charge in [0, 0.05) is 5.75 Å². The molecule has 0 aromatic carbocycles. The number of hydrogen-bond acceptors (Lipinski definition) is 2. The summed E-state index contributed by atoms with van der Waals surface area (Å²) in [6.07, 6.45) is 4.18. The predicted octanol–water partition coefficient (Wildman–Crippen LogP) is 1.60. The fraction of sp³-hybridized carbons (Fsp3) is 1.00. The lowest BCUT2D eigenvalue weighted by Gasteiger charge is -2.02. The van der Waals surface area contributed by atoms with Crippen molar-refractivity contribution in [3.8, 4) is 0 Å². The summed E-state index contributed by atoms with van der Waals surface area (Å²) in [7, 11) is 0. The molecule has 0 bridgehead atoms. The molecule has 0 aliphatic heterocycles. The molecule has 0 saturated heterocycles. The topological polar surface area (TPSA) is 40.1 Å². The van der Waals surface area contributed by atoms with Crippen LogP contribution < -0.4 is 0 Å². The van der Waals surface area contributed by atoms with Gasteiger partial charge in [-0.3, -0.25) is 8.91 Å². The zero-order chi connectivity index (χ0) is 7.11. The highest BCUT2D eigenvalue weighted by atomic mass is 32.2. The predicted molar refractivity (Wildman–Crippen MR) is 40.4 cm³/mol. The molecule has 2 nitrogen and oxygen atoms in total. The van der Waals surface area contributed by atoms with Crippen LogP contribution in [0.25, 0.3) is 0 Å². The van der Waals surface area contributed by atoms with Crippen molar-refractivity contribution in [3.63, 3.8) is 0 Å². The van der Waals surface area contributed by atoms with E-state index in [1.54, 1.807) is 0 Å². The van der Waals surface area contributed by atoms with Crippen molar-refractivity contribution in [1.29, 1.82) is 0 Å². The van der Waals surface area contributed by atoms with Gasteiger partial charge >= 0.3 is 0 Å². The zero-order valence-corrected chi connectivity index (χ0v) is 6.99. The Morgan fingerprint density at radius 3 is 2.30 bits per heavy atom. The summed E-state index contributed by atoms with van der Waals surface area (Å²) in [5.41, 5.74) is 0. The second-order valence-electron chi connectivity index (χ2n) is 2.07. The minimum atomic E-state index is -1.82. The molecule has 4 heteroatoms. The van der Waals surface area contributed by atoms with E-state index < -0.39 is 11.1 Å². The Morgan fingerprint density at radius 2 is 1.90 bits per heavy atom. The van der Waals surface area contributed by atoms with Crippen LogP contribution in [0.3, 0.4) is 0 Å². The van der Waals surface area contributed by atoms with Gasteiger partial charge in [0.2, 0.25) is 0 Å². The van der Waals surface area contributed by atoms with Crippen molar-refractivity contribution in [2.75, 3.05) is 5.75 Å². The van der Waals surface area contributed by atoms with Crippen molar-refractivity contribution >= 4 is 11.1 Å². The summed E-state index contributed by atoms with van der Waals surface area (Å²) in [6.45, 7) is 2.11. The molecule has 0 aliphatic carbocycles. The molecule has 0 saturated carbocycles. The van der Waals surface area contributed by atoms with Crippen LogP contribution in [0.2, 0.25) is 0 Å². The van der Waals surface area contributed by atoms with Crippen LogP contribution in [0.1, 0.15) is 32.6 Å². The fourth-order valence-corrected chi connectivity index (χ4v) is 1.09. The maximum absolute atomic E-state index is 9.96. The third-order valence-corrected chi connectivity index (χ3v) is 1.79. The summed E-state index contributed by atoms with van der Waals surface area (Å²) in [5.74, 6) is 0.333. The molecular formula is C6H14FO2S-. The summed E-state index contributed by atoms with van der Waals surface area (Å²) in [5, 5.41) is 0. The maximum atomic E-state index is 9.96. The molecular weight excluding hydrogens is 155 g/mol. The SMILES string of the molecule is CCCCCCS(=O)[O-].F. The van der Waals surface area contributed by atoms with E-state index in [0.29, 0.717) is 5.75 Å². The van der Waals surface area contributed by atoms with Gasteiger partial charge in [-0.05, 0) is 6.42 Å². The first-order valence-electron chi connectivity index (χ1n) is 3.33. The Bertz CT molecular complexity index is 87.8. The minimum absolute atomic E-state index is 0. The number of hydrogen-bond donors (Lipinski definition) is 0. The van der Waals surface area contributed by atoms with E-state index in [9.17, 15) is 8.76 Å². The first kappa shape index (κ1) is 12.7. The third kappa shape index (κ3) is 10.9. The zero-order valence-electron chi connectivity index (χ0n) is 6.17. The fourth-order valence-electron chi connectivity index (χ4n) is 0.647. The number of rotatable bonds is 5. The van der Waals surface area contributed by atoms with Gasteiger partial charge < -0.3 is 4.55 Å². The van der Waals surface area contributed by atoms with E-state index >= 15 is 0 Å². The molecule has 0 radical (unpaired) electrons. The van der Waals surface area contributed by atoms with Crippen LogP contribution in [0, 0.1) is 0 Å². The Balaban J connectivity index is 0. The molecule has 0 heterocycles. The normalized spacial score (nSPS) is 12.2. The molecule has 0 spiro atoms. The molecule has 0 aromatic heterocycles. The Morgan fingerprint density at radius 1 is 1.30 bits per heavy atom. The lowest BCUT2D eigenvalue weighted by molar-refractivity contribution is 0.532. The van der Waals surface area contributed by atoms with Gasteiger partial charge in [0.25, 0.3) is 0 Å². The Kier molecular flexibility index (Phi) is 11.5. The van der Waals surface area contributed by atoms with E-state index in [1.165, 1.54) is 0 Å². The highest BCUT2D eigenvalue weighted by Gasteiger charge is 1.85. The summed E-state index contributed by atoms with van der Waals surface area (Å²) in [4.78, 5) is 0. The van der Waals surface area contributed by atoms with Crippen LogP contribution >= 0.6 is 0 Å². The maximum Gasteiger partial charge on any atom is 0.0102 e. The average molecular weight is 169 g/mol. The second kappa shape index (κ2) is 9.04. The molecule has 0 aliphatic rings. The first-order chi connectivity index (χ1) is 4.27. The van der Waals surface area contributed by atoms with Gasteiger partial charge in [-0.15, -0.1) is 0 Å². The van der Waals surface area contributed by atoms with Gasteiger partial charge in [-0.2, -0.15) is 0 Å². The van der Waals surface area contributed by atoms with Crippen LogP contribution in [-0.4, -0.2) is 14.5 Å².